The predicted molar refractivity (Wildman–Crippen MR) is 101 cm³/mol. The molecule has 9 nitrogen and oxygen atoms in total. The Labute approximate surface area is 156 Å². The molecule has 1 heterocycles. The molecular formula is C18H20N6O3. The van der Waals surface area contributed by atoms with Crippen LogP contribution in [0.5, 0.6) is 11.5 Å². The molecule has 3 rings (SSSR count). The second-order valence-electron chi connectivity index (χ2n) is 5.72. The van der Waals surface area contributed by atoms with Crippen molar-refractivity contribution >= 4 is 17.3 Å². The maximum atomic E-state index is 12.3. The van der Waals surface area contributed by atoms with Gasteiger partial charge in [0.25, 0.3) is 0 Å². The van der Waals surface area contributed by atoms with E-state index in [0.29, 0.717) is 17.2 Å². The zero-order valence-electron chi connectivity index (χ0n) is 15.3. The predicted octanol–water partition coefficient (Wildman–Crippen LogP) is 2.04. The highest BCUT2D eigenvalue weighted by Crippen LogP contribution is 2.29. The Kier molecular flexibility index (Phi) is 5.50. The van der Waals surface area contributed by atoms with E-state index in [1.54, 1.807) is 30.0 Å². The lowest BCUT2D eigenvalue weighted by molar-refractivity contribution is -0.114. The van der Waals surface area contributed by atoms with Crippen molar-refractivity contribution in [3.8, 4) is 17.2 Å². The van der Waals surface area contributed by atoms with Gasteiger partial charge in [0.2, 0.25) is 5.91 Å². The molecule has 0 saturated heterocycles. The molecule has 0 unspecified atom stereocenters. The first kappa shape index (κ1) is 18.2. The Morgan fingerprint density at radius 2 is 2.00 bits per heavy atom. The molecule has 27 heavy (non-hydrogen) atoms. The smallest absolute Gasteiger partial charge is 0.243 e. The molecule has 0 bridgehead atoms. The lowest BCUT2D eigenvalue weighted by atomic mass is 10.2. The van der Waals surface area contributed by atoms with Crippen molar-refractivity contribution in [1.29, 1.82) is 0 Å². The number of benzene rings is 2. The number of methoxy groups -OCH3 is 2. The Morgan fingerprint density at radius 1 is 1.15 bits per heavy atom. The van der Waals surface area contributed by atoms with Crippen LogP contribution >= 0.6 is 0 Å². The average molecular weight is 368 g/mol. The number of rotatable bonds is 7. The largest absolute Gasteiger partial charge is 0.497 e. The molecular weight excluding hydrogens is 348 g/mol. The SMILES string of the molecule is COc1ccc(NC(=O)CNc2ccc(-n3cnnn3)c(C)c2)c(OC)c1. The maximum Gasteiger partial charge on any atom is 0.243 e. The van der Waals surface area contributed by atoms with Crippen molar-refractivity contribution in [2.45, 2.75) is 6.92 Å². The summed E-state index contributed by atoms with van der Waals surface area (Å²) in [5.74, 6) is 0.992. The number of nitrogens with zero attached hydrogens (tertiary/aromatic N) is 4. The fourth-order valence-electron chi connectivity index (χ4n) is 2.57. The van der Waals surface area contributed by atoms with E-state index in [9.17, 15) is 4.79 Å². The third kappa shape index (κ3) is 4.32. The summed E-state index contributed by atoms with van der Waals surface area (Å²) in [6.45, 7) is 2.06. The van der Waals surface area contributed by atoms with E-state index in [1.807, 2.05) is 25.1 Å². The topological polar surface area (TPSA) is 103 Å². The first-order valence-electron chi connectivity index (χ1n) is 8.20. The lowest BCUT2D eigenvalue weighted by Crippen LogP contribution is -2.22. The molecule has 0 aliphatic heterocycles. The molecule has 140 valence electrons. The standard InChI is InChI=1S/C18H20N6O3/c1-12-8-13(4-7-16(12)24-11-20-22-23-24)19-10-18(25)21-15-6-5-14(26-2)9-17(15)27-3/h4-9,11,19H,10H2,1-3H3,(H,21,25). The van der Waals surface area contributed by atoms with Crippen LogP contribution in [-0.2, 0) is 4.79 Å². The van der Waals surface area contributed by atoms with Gasteiger partial charge in [-0.2, -0.15) is 0 Å². The zero-order chi connectivity index (χ0) is 19.2. The molecule has 0 saturated carbocycles. The van der Waals surface area contributed by atoms with Gasteiger partial charge in [-0.3, -0.25) is 4.79 Å². The highest BCUT2D eigenvalue weighted by molar-refractivity contribution is 5.95. The van der Waals surface area contributed by atoms with Crippen molar-refractivity contribution in [3.05, 3.63) is 48.3 Å². The Bertz CT molecular complexity index is 927. The normalized spacial score (nSPS) is 10.3. The highest BCUT2D eigenvalue weighted by atomic mass is 16.5. The summed E-state index contributed by atoms with van der Waals surface area (Å²) in [5, 5.41) is 17.1. The number of hydrogen-bond donors (Lipinski definition) is 2. The van der Waals surface area contributed by atoms with Crippen molar-refractivity contribution in [1.82, 2.24) is 20.2 Å². The van der Waals surface area contributed by atoms with Crippen molar-refractivity contribution in [2.24, 2.45) is 0 Å². The molecule has 1 aromatic heterocycles. The minimum absolute atomic E-state index is 0.110. The number of tetrazole rings is 1. The van der Waals surface area contributed by atoms with Gasteiger partial charge >= 0.3 is 0 Å². The third-order valence-corrected chi connectivity index (χ3v) is 3.93. The van der Waals surface area contributed by atoms with E-state index < -0.39 is 0 Å². The first-order chi connectivity index (χ1) is 13.1. The van der Waals surface area contributed by atoms with Gasteiger partial charge < -0.3 is 20.1 Å². The van der Waals surface area contributed by atoms with Crippen LogP contribution in [0.15, 0.2) is 42.7 Å². The van der Waals surface area contributed by atoms with Crippen molar-refractivity contribution in [2.75, 3.05) is 31.4 Å². The van der Waals surface area contributed by atoms with E-state index in [2.05, 4.69) is 26.2 Å². The Balaban J connectivity index is 1.62. The number of amides is 1. The quantitative estimate of drug-likeness (QED) is 0.658. The summed E-state index contributed by atoms with van der Waals surface area (Å²) in [6.07, 6.45) is 1.53. The van der Waals surface area contributed by atoms with Gasteiger partial charge in [-0.25, -0.2) is 4.68 Å². The molecule has 1 amide bonds. The van der Waals surface area contributed by atoms with Crippen LogP contribution in [-0.4, -0.2) is 46.9 Å². The molecule has 0 radical (unpaired) electrons. The number of carbonyl (C=O) groups excluding carboxylic acids is 1. The molecule has 0 fully saturated rings. The third-order valence-electron chi connectivity index (χ3n) is 3.93. The number of hydrogen-bond acceptors (Lipinski definition) is 7. The molecule has 9 heteroatoms. The summed E-state index contributed by atoms with van der Waals surface area (Å²) in [4.78, 5) is 12.3. The van der Waals surface area contributed by atoms with Crippen molar-refractivity contribution < 1.29 is 14.3 Å². The molecule has 0 aliphatic rings. The number of aryl methyl sites for hydroxylation is 1. The first-order valence-corrected chi connectivity index (χ1v) is 8.20. The van der Waals surface area contributed by atoms with E-state index in [1.165, 1.54) is 13.4 Å². The van der Waals surface area contributed by atoms with E-state index >= 15 is 0 Å². The number of aromatic nitrogens is 4. The second-order valence-corrected chi connectivity index (χ2v) is 5.72. The maximum absolute atomic E-state index is 12.3. The average Bonchev–Trinajstić information content (AvgIpc) is 3.21. The number of anilines is 2. The fourth-order valence-corrected chi connectivity index (χ4v) is 2.57. The Hall–Kier alpha value is -3.62. The van der Waals surface area contributed by atoms with Crippen LogP contribution in [0, 0.1) is 6.92 Å². The monoisotopic (exact) mass is 368 g/mol. The number of carbonyl (C=O) groups is 1. The van der Waals surface area contributed by atoms with Gasteiger partial charge in [0.1, 0.15) is 17.8 Å². The molecule has 2 aromatic carbocycles. The number of ether oxygens (including phenoxy) is 2. The van der Waals surface area contributed by atoms with E-state index in [4.69, 9.17) is 9.47 Å². The van der Waals surface area contributed by atoms with Crippen LogP contribution < -0.4 is 20.1 Å². The summed E-state index contributed by atoms with van der Waals surface area (Å²) in [7, 11) is 3.11. The summed E-state index contributed by atoms with van der Waals surface area (Å²) >= 11 is 0. The summed E-state index contributed by atoms with van der Waals surface area (Å²) in [6, 6.07) is 10.9. The molecule has 0 atom stereocenters. The summed E-state index contributed by atoms with van der Waals surface area (Å²) < 4.78 is 12.0. The van der Waals surface area contributed by atoms with Crippen LogP contribution in [0.25, 0.3) is 5.69 Å². The van der Waals surface area contributed by atoms with Gasteiger partial charge in [-0.05, 0) is 53.2 Å². The Morgan fingerprint density at radius 3 is 2.67 bits per heavy atom. The lowest BCUT2D eigenvalue weighted by Gasteiger charge is -2.13. The van der Waals surface area contributed by atoms with Gasteiger partial charge in [0.05, 0.1) is 32.1 Å². The fraction of sp³-hybridized carbons (Fsp3) is 0.222. The molecule has 3 aromatic rings. The molecule has 0 spiro atoms. The van der Waals surface area contributed by atoms with Gasteiger partial charge in [-0.1, -0.05) is 0 Å². The molecule has 2 N–H and O–H groups in total. The zero-order valence-corrected chi connectivity index (χ0v) is 15.3. The van der Waals surface area contributed by atoms with E-state index in [0.717, 1.165) is 16.9 Å². The van der Waals surface area contributed by atoms with E-state index in [-0.39, 0.29) is 12.5 Å². The van der Waals surface area contributed by atoms with Crippen LogP contribution in [0.3, 0.4) is 0 Å². The minimum Gasteiger partial charge on any atom is -0.497 e. The molecule has 0 aliphatic carbocycles. The van der Waals surface area contributed by atoms with Gasteiger partial charge in [0, 0.05) is 11.8 Å². The van der Waals surface area contributed by atoms with Crippen LogP contribution in [0.1, 0.15) is 5.56 Å². The number of nitrogens with one attached hydrogen (secondary N) is 2. The van der Waals surface area contributed by atoms with Gasteiger partial charge in [-0.15, -0.1) is 5.10 Å². The van der Waals surface area contributed by atoms with Crippen molar-refractivity contribution in [3.63, 3.8) is 0 Å². The van der Waals surface area contributed by atoms with Crippen LogP contribution in [0.4, 0.5) is 11.4 Å². The van der Waals surface area contributed by atoms with Gasteiger partial charge in [0.15, 0.2) is 0 Å². The summed E-state index contributed by atoms with van der Waals surface area (Å²) in [5.41, 5.74) is 3.25. The minimum atomic E-state index is -0.194. The van der Waals surface area contributed by atoms with Crippen LogP contribution in [0.2, 0.25) is 0 Å². The highest BCUT2D eigenvalue weighted by Gasteiger charge is 2.10. The second kappa shape index (κ2) is 8.17.